The highest BCUT2D eigenvalue weighted by Crippen LogP contribution is 2.16. The number of aliphatic hydroxyl groups is 1. The lowest BCUT2D eigenvalue weighted by atomic mass is 10.0. The maximum Gasteiger partial charge on any atom is 0.267 e. The summed E-state index contributed by atoms with van der Waals surface area (Å²) in [6.45, 7) is 4.52. The van der Waals surface area contributed by atoms with Gasteiger partial charge in [0, 0.05) is 6.42 Å². The van der Waals surface area contributed by atoms with Gasteiger partial charge in [-0.2, -0.15) is 8.42 Å². The van der Waals surface area contributed by atoms with Crippen LogP contribution in [0.4, 0.5) is 0 Å². The summed E-state index contributed by atoms with van der Waals surface area (Å²) in [4.78, 5) is 12.5. The molecule has 50 heavy (non-hydrogen) atoms. The van der Waals surface area contributed by atoms with E-state index in [0.29, 0.717) is 6.42 Å². The molecule has 0 heterocycles. The second-order valence-electron chi connectivity index (χ2n) is 15.0. The molecule has 7 heteroatoms. The van der Waals surface area contributed by atoms with E-state index in [1.165, 1.54) is 173 Å². The SMILES string of the molecule is CCCCCCCCCC/C=C/CC/C=C/C(O)C(CS(=O)(=O)O)NC(=O)CCCCCCCCCCCCCCCCCCCCCCC. The molecule has 1 amide bonds. The number of amides is 1. The quantitative estimate of drug-likeness (QED) is 0.0332. The largest absolute Gasteiger partial charge is 0.387 e. The van der Waals surface area contributed by atoms with E-state index in [1.54, 1.807) is 0 Å². The number of unbranched alkanes of at least 4 members (excludes halogenated alkanes) is 29. The van der Waals surface area contributed by atoms with Crippen LogP contribution in [0.25, 0.3) is 0 Å². The Hall–Kier alpha value is -1.18. The third-order valence-corrected chi connectivity index (χ3v) is 10.7. The van der Waals surface area contributed by atoms with Gasteiger partial charge in [-0.25, -0.2) is 0 Å². The number of hydrogen-bond donors (Lipinski definition) is 3. The molecule has 6 nitrogen and oxygen atoms in total. The molecule has 0 aromatic carbocycles. The molecule has 0 fully saturated rings. The molecule has 2 atom stereocenters. The van der Waals surface area contributed by atoms with E-state index in [0.717, 1.165) is 38.5 Å². The summed E-state index contributed by atoms with van der Waals surface area (Å²) in [5.41, 5.74) is 0. The smallest absolute Gasteiger partial charge is 0.267 e. The van der Waals surface area contributed by atoms with Crippen molar-refractivity contribution < 1.29 is 22.9 Å². The van der Waals surface area contributed by atoms with Crippen molar-refractivity contribution in [3.05, 3.63) is 24.3 Å². The van der Waals surface area contributed by atoms with Crippen LogP contribution in [0, 0.1) is 0 Å². The monoisotopic (exact) mass is 726 g/mol. The molecule has 0 aromatic rings. The van der Waals surface area contributed by atoms with Gasteiger partial charge in [-0.05, 0) is 32.1 Å². The van der Waals surface area contributed by atoms with Crippen molar-refractivity contribution in [2.75, 3.05) is 5.75 Å². The lowest BCUT2D eigenvalue weighted by molar-refractivity contribution is -0.122. The fourth-order valence-electron chi connectivity index (χ4n) is 6.64. The fraction of sp³-hybridized carbons (Fsp3) is 0.884. The molecule has 0 rings (SSSR count). The molecule has 0 aromatic heterocycles. The number of hydrogen-bond acceptors (Lipinski definition) is 4. The van der Waals surface area contributed by atoms with Crippen LogP contribution in [-0.4, -0.2) is 41.9 Å². The zero-order valence-electron chi connectivity index (χ0n) is 33.0. The molecule has 0 aliphatic carbocycles. The molecule has 0 radical (unpaired) electrons. The molecule has 0 bridgehead atoms. The van der Waals surface area contributed by atoms with Crippen LogP contribution in [-0.2, 0) is 14.9 Å². The normalized spacial score (nSPS) is 13.4. The van der Waals surface area contributed by atoms with E-state index in [-0.39, 0.29) is 5.91 Å². The Kier molecular flexibility index (Phi) is 36.7. The molecular weight excluding hydrogens is 643 g/mol. The number of aliphatic hydroxyl groups excluding tert-OH is 1. The highest BCUT2D eigenvalue weighted by molar-refractivity contribution is 7.85. The maximum absolute atomic E-state index is 12.5. The third-order valence-electron chi connectivity index (χ3n) is 9.88. The topological polar surface area (TPSA) is 104 Å². The lowest BCUT2D eigenvalue weighted by Crippen LogP contribution is -2.46. The molecule has 0 saturated heterocycles. The van der Waals surface area contributed by atoms with Gasteiger partial charge in [-0.3, -0.25) is 9.35 Å². The van der Waals surface area contributed by atoms with Crippen LogP contribution < -0.4 is 5.32 Å². The molecule has 0 aliphatic heterocycles. The first-order chi connectivity index (χ1) is 24.3. The van der Waals surface area contributed by atoms with E-state index in [9.17, 15) is 22.9 Å². The van der Waals surface area contributed by atoms with Crippen LogP contribution in [0.2, 0.25) is 0 Å². The van der Waals surface area contributed by atoms with Gasteiger partial charge in [0.05, 0.1) is 17.9 Å². The van der Waals surface area contributed by atoms with Crippen LogP contribution in [0.3, 0.4) is 0 Å². The van der Waals surface area contributed by atoms with E-state index in [4.69, 9.17) is 0 Å². The number of carbonyl (C=O) groups is 1. The Morgan fingerprint density at radius 3 is 1.26 bits per heavy atom. The molecule has 3 N–H and O–H groups in total. The summed E-state index contributed by atoms with van der Waals surface area (Å²) in [5, 5.41) is 13.2. The van der Waals surface area contributed by atoms with Crippen LogP contribution >= 0.6 is 0 Å². The van der Waals surface area contributed by atoms with Crippen molar-refractivity contribution >= 4 is 16.0 Å². The maximum atomic E-state index is 12.5. The van der Waals surface area contributed by atoms with Crippen molar-refractivity contribution in [3.63, 3.8) is 0 Å². The average molecular weight is 726 g/mol. The first-order valence-electron chi connectivity index (χ1n) is 21.5. The third kappa shape index (κ3) is 38.1. The molecular formula is C43H83NO5S. The Morgan fingerprint density at radius 2 is 0.860 bits per heavy atom. The Labute approximate surface area is 311 Å². The van der Waals surface area contributed by atoms with Gasteiger partial charge in [-0.1, -0.05) is 212 Å². The van der Waals surface area contributed by atoms with E-state index < -0.39 is 28.0 Å². The average Bonchev–Trinajstić information content (AvgIpc) is 3.08. The first-order valence-corrected chi connectivity index (χ1v) is 23.1. The number of nitrogens with one attached hydrogen (secondary N) is 1. The lowest BCUT2D eigenvalue weighted by Gasteiger charge is -2.21. The highest BCUT2D eigenvalue weighted by atomic mass is 32.2. The molecule has 296 valence electrons. The van der Waals surface area contributed by atoms with E-state index >= 15 is 0 Å². The minimum Gasteiger partial charge on any atom is -0.387 e. The van der Waals surface area contributed by atoms with Gasteiger partial charge < -0.3 is 10.4 Å². The molecule has 0 aliphatic rings. The Bertz CT molecular complexity index is 888. The highest BCUT2D eigenvalue weighted by Gasteiger charge is 2.24. The fourth-order valence-corrected chi connectivity index (χ4v) is 7.38. The van der Waals surface area contributed by atoms with Crippen LogP contribution in [0.15, 0.2) is 24.3 Å². The van der Waals surface area contributed by atoms with E-state index in [1.807, 2.05) is 6.08 Å². The summed E-state index contributed by atoms with van der Waals surface area (Å²) in [6, 6.07) is -1.07. The predicted octanol–water partition coefficient (Wildman–Crippen LogP) is 12.7. The van der Waals surface area contributed by atoms with Gasteiger partial charge in [0.25, 0.3) is 10.1 Å². The summed E-state index contributed by atoms with van der Waals surface area (Å²) in [5.74, 6) is -0.991. The summed E-state index contributed by atoms with van der Waals surface area (Å²) in [7, 11) is -4.35. The van der Waals surface area contributed by atoms with Gasteiger partial charge in [0.2, 0.25) is 5.91 Å². The Balaban J connectivity index is 3.85. The van der Waals surface area contributed by atoms with Gasteiger partial charge in [0.15, 0.2) is 0 Å². The second-order valence-corrected chi connectivity index (χ2v) is 16.5. The van der Waals surface area contributed by atoms with Crippen molar-refractivity contribution in [3.8, 4) is 0 Å². The molecule has 0 saturated carbocycles. The molecule has 0 spiro atoms. The summed E-state index contributed by atoms with van der Waals surface area (Å²) < 4.78 is 32.5. The van der Waals surface area contributed by atoms with E-state index in [2.05, 4.69) is 31.3 Å². The zero-order chi connectivity index (χ0) is 36.8. The minimum absolute atomic E-state index is 0.284. The predicted molar refractivity (Wildman–Crippen MR) is 216 cm³/mol. The van der Waals surface area contributed by atoms with Crippen molar-refractivity contribution in [1.82, 2.24) is 5.32 Å². The summed E-state index contributed by atoms with van der Waals surface area (Å²) >= 11 is 0. The summed E-state index contributed by atoms with van der Waals surface area (Å²) in [6.07, 6.45) is 47.4. The van der Waals surface area contributed by atoms with Gasteiger partial charge >= 0.3 is 0 Å². The number of rotatable bonds is 39. The van der Waals surface area contributed by atoms with Gasteiger partial charge in [0.1, 0.15) is 0 Å². The van der Waals surface area contributed by atoms with Crippen LogP contribution in [0.5, 0.6) is 0 Å². The van der Waals surface area contributed by atoms with Crippen LogP contribution in [0.1, 0.15) is 226 Å². The zero-order valence-corrected chi connectivity index (χ0v) is 33.8. The van der Waals surface area contributed by atoms with Crippen molar-refractivity contribution in [1.29, 1.82) is 0 Å². The standard InChI is InChI=1S/C43H83NO5S/c1-3-5-7-9-11-13-15-17-19-20-21-22-23-24-25-27-29-31-33-35-37-39-43(46)44-41(40-50(47,48)49)42(45)38-36-34-32-30-28-26-18-16-14-12-10-8-6-4-2/h28,30,36,38,41-42,45H,3-27,29,31-35,37,39-40H2,1-2H3,(H,44,46)(H,47,48,49)/b30-28+,38-36+. The Morgan fingerprint density at radius 1 is 0.520 bits per heavy atom. The van der Waals surface area contributed by atoms with Gasteiger partial charge in [-0.15, -0.1) is 0 Å². The van der Waals surface area contributed by atoms with Crippen molar-refractivity contribution in [2.24, 2.45) is 0 Å². The minimum atomic E-state index is -4.35. The number of allylic oxidation sites excluding steroid dienone is 3. The van der Waals surface area contributed by atoms with Crippen molar-refractivity contribution in [2.45, 2.75) is 238 Å². The molecule has 2 unspecified atom stereocenters. The first kappa shape index (κ1) is 48.8. The second kappa shape index (κ2) is 37.6. The number of carbonyl (C=O) groups excluding carboxylic acids is 1.